The molecule has 1 aromatic rings. The van der Waals surface area contributed by atoms with Crippen LogP contribution in [0, 0.1) is 11.8 Å². The van der Waals surface area contributed by atoms with Crippen LogP contribution in [-0.4, -0.2) is 24.8 Å². The zero-order chi connectivity index (χ0) is 14.7. The van der Waals surface area contributed by atoms with Crippen molar-refractivity contribution in [2.45, 2.75) is 50.7 Å². The van der Waals surface area contributed by atoms with Crippen molar-refractivity contribution in [3.05, 3.63) is 29.8 Å². The molecule has 2 saturated carbocycles. The molecule has 1 aromatic carbocycles. The second-order valence-corrected chi connectivity index (χ2v) is 6.66. The van der Waals surface area contributed by atoms with Crippen molar-refractivity contribution < 1.29 is 9.84 Å². The third kappa shape index (κ3) is 3.98. The summed E-state index contributed by atoms with van der Waals surface area (Å²) >= 11 is 0. The molecule has 0 amide bonds. The van der Waals surface area contributed by atoms with Gasteiger partial charge in [0.25, 0.3) is 0 Å². The van der Waals surface area contributed by atoms with Crippen LogP contribution in [0.2, 0.25) is 0 Å². The lowest BCUT2D eigenvalue weighted by molar-refractivity contribution is 0.159. The van der Waals surface area contributed by atoms with Crippen LogP contribution >= 0.6 is 0 Å². The summed E-state index contributed by atoms with van der Waals surface area (Å²) in [6, 6.07) is 8.30. The highest BCUT2D eigenvalue weighted by Crippen LogP contribution is 2.43. The van der Waals surface area contributed by atoms with Gasteiger partial charge in [-0.15, -0.1) is 0 Å². The standard InChI is InChI=1S/C18H27NO2/c1-21-17-7-3-5-15(11-17)18(20)12-19-16-6-2-4-14(10-16)13-8-9-13/h3,5,7,11,13-14,16,18-20H,2,4,6,8-10,12H2,1H3. The van der Waals surface area contributed by atoms with Gasteiger partial charge in [-0.25, -0.2) is 0 Å². The Morgan fingerprint density at radius 3 is 2.86 bits per heavy atom. The van der Waals surface area contributed by atoms with Gasteiger partial charge in [0.15, 0.2) is 0 Å². The quantitative estimate of drug-likeness (QED) is 0.844. The lowest BCUT2D eigenvalue weighted by Crippen LogP contribution is -2.37. The van der Waals surface area contributed by atoms with Gasteiger partial charge in [0, 0.05) is 12.6 Å². The fourth-order valence-corrected chi connectivity index (χ4v) is 3.65. The van der Waals surface area contributed by atoms with Crippen molar-refractivity contribution in [3.8, 4) is 5.75 Å². The molecular formula is C18H27NO2. The first kappa shape index (κ1) is 14.9. The smallest absolute Gasteiger partial charge is 0.119 e. The minimum Gasteiger partial charge on any atom is -0.497 e. The van der Waals surface area contributed by atoms with E-state index in [-0.39, 0.29) is 0 Å². The third-order valence-electron chi connectivity index (χ3n) is 5.08. The lowest BCUT2D eigenvalue weighted by atomic mass is 9.82. The number of ether oxygens (including phenoxy) is 1. The first-order chi connectivity index (χ1) is 10.3. The molecule has 3 rings (SSSR count). The molecule has 0 aliphatic heterocycles. The second kappa shape index (κ2) is 6.80. The van der Waals surface area contributed by atoms with Crippen LogP contribution in [-0.2, 0) is 0 Å². The molecule has 21 heavy (non-hydrogen) atoms. The van der Waals surface area contributed by atoms with Crippen LogP contribution in [0.15, 0.2) is 24.3 Å². The summed E-state index contributed by atoms with van der Waals surface area (Å²) < 4.78 is 5.22. The number of methoxy groups -OCH3 is 1. The summed E-state index contributed by atoms with van der Waals surface area (Å²) in [5, 5.41) is 13.9. The molecule has 3 heteroatoms. The summed E-state index contributed by atoms with van der Waals surface area (Å²) in [6.45, 7) is 0.634. The van der Waals surface area contributed by atoms with Gasteiger partial charge in [0.2, 0.25) is 0 Å². The maximum absolute atomic E-state index is 10.3. The lowest BCUT2D eigenvalue weighted by Gasteiger charge is -2.30. The van der Waals surface area contributed by atoms with E-state index in [0.717, 1.165) is 23.1 Å². The van der Waals surface area contributed by atoms with E-state index in [1.807, 2.05) is 24.3 Å². The minimum absolute atomic E-state index is 0.457. The normalized spacial score (nSPS) is 27.3. The van der Waals surface area contributed by atoms with E-state index in [4.69, 9.17) is 4.74 Å². The predicted octanol–water partition coefficient (Wildman–Crippen LogP) is 3.29. The Kier molecular flexibility index (Phi) is 4.81. The Hall–Kier alpha value is -1.06. The summed E-state index contributed by atoms with van der Waals surface area (Å²) in [7, 11) is 1.66. The average molecular weight is 289 g/mol. The van der Waals surface area contributed by atoms with Crippen LogP contribution in [0.1, 0.15) is 50.2 Å². The summed E-state index contributed by atoms with van der Waals surface area (Å²) in [4.78, 5) is 0. The van der Waals surface area contributed by atoms with Gasteiger partial charge in [0.05, 0.1) is 13.2 Å². The van der Waals surface area contributed by atoms with Crippen molar-refractivity contribution in [1.82, 2.24) is 5.32 Å². The van der Waals surface area contributed by atoms with Gasteiger partial charge in [-0.2, -0.15) is 0 Å². The number of rotatable bonds is 6. The molecule has 0 radical (unpaired) electrons. The average Bonchev–Trinajstić information content (AvgIpc) is 3.38. The molecule has 3 unspecified atom stereocenters. The molecule has 2 aliphatic rings. The number of aliphatic hydroxyl groups excluding tert-OH is 1. The van der Waals surface area contributed by atoms with Crippen LogP contribution < -0.4 is 10.1 Å². The third-order valence-corrected chi connectivity index (χ3v) is 5.08. The van der Waals surface area contributed by atoms with Gasteiger partial charge in [0.1, 0.15) is 5.75 Å². The molecule has 0 bridgehead atoms. The first-order valence-corrected chi connectivity index (χ1v) is 8.31. The maximum atomic E-state index is 10.3. The molecule has 0 spiro atoms. The van der Waals surface area contributed by atoms with Gasteiger partial charge >= 0.3 is 0 Å². The second-order valence-electron chi connectivity index (χ2n) is 6.66. The van der Waals surface area contributed by atoms with E-state index in [9.17, 15) is 5.11 Å². The maximum Gasteiger partial charge on any atom is 0.119 e. The zero-order valence-corrected chi connectivity index (χ0v) is 12.9. The van der Waals surface area contributed by atoms with E-state index >= 15 is 0 Å². The molecule has 2 N–H and O–H groups in total. The fraction of sp³-hybridized carbons (Fsp3) is 0.667. The largest absolute Gasteiger partial charge is 0.497 e. The minimum atomic E-state index is -0.457. The van der Waals surface area contributed by atoms with Crippen molar-refractivity contribution in [1.29, 1.82) is 0 Å². The van der Waals surface area contributed by atoms with Crippen molar-refractivity contribution in [3.63, 3.8) is 0 Å². The van der Waals surface area contributed by atoms with Crippen LogP contribution in [0.5, 0.6) is 5.75 Å². The Bertz CT molecular complexity index is 458. The predicted molar refractivity (Wildman–Crippen MR) is 84.4 cm³/mol. The number of benzene rings is 1. The molecule has 0 aromatic heterocycles. The number of aliphatic hydroxyl groups is 1. The van der Waals surface area contributed by atoms with Crippen LogP contribution in [0.3, 0.4) is 0 Å². The summed E-state index contributed by atoms with van der Waals surface area (Å²) in [5.41, 5.74) is 0.927. The van der Waals surface area contributed by atoms with Gasteiger partial charge in [-0.05, 0) is 55.2 Å². The van der Waals surface area contributed by atoms with Gasteiger partial charge in [-0.1, -0.05) is 25.0 Å². The van der Waals surface area contributed by atoms with E-state index in [2.05, 4.69) is 5.32 Å². The van der Waals surface area contributed by atoms with Gasteiger partial charge in [-0.3, -0.25) is 0 Å². The summed E-state index contributed by atoms with van der Waals surface area (Å²) in [5.74, 6) is 2.75. The van der Waals surface area contributed by atoms with E-state index < -0.39 is 6.10 Å². The molecule has 2 fully saturated rings. The number of hydrogen-bond acceptors (Lipinski definition) is 3. The Balaban J connectivity index is 1.49. The first-order valence-electron chi connectivity index (χ1n) is 8.31. The SMILES string of the molecule is COc1cccc(C(O)CNC2CCCC(C3CC3)C2)c1. The number of nitrogens with one attached hydrogen (secondary N) is 1. The monoisotopic (exact) mass is 289 g/mol. The molecule has 116 valence electrons. The zero-order valence-electron chi connectivity index (χ0n) is 12.9. The fourth-order valence-electron chi connectivity index (χ4n) is 3.65. The summed E-state index contributed by atoms with van der Waals surface area (Å²) in [6.07, 6.45) is 7.76. The van der Waals surface area contributed by atoms with Gasteiger partial charge < -0.3 is 15.2 Å². The molecule has 3 nitrogen and oxygen atoms in total. The highest BCUT2D eigenvalue weighted by molar-refractivity contribution is 5.29. The van der Waals surface area contributed by atoms with Crippen LogP contribution in [0.25, 0.3) is 0 Å². The van der Waals surface area contributed by atoms with E-state index in [0.29, 0.717) is 12.6 Å². The van der Waals surface area contributed by atoms with E-state index in [1.165, 1.54) is 38.5 Å². The Labute approximate surface area is 127 Å². The molecular weight excluding hydrogens is 262 g/mol. The van der Waals surface area contributed by atoms with E-state index in [1.54, 1.807) is 7.11 Å². The molecule has 0 heterocycles. The van der Waals surface area contributed by atoms with Crippen LogP contribution in [0.4, 0.5) is 0 Å². The van der Waals surface area contributed by atoms with Crippen molar-refractivity contribution in [2.24, 2.45) is 11.8 Å². The molecule has 3 atom stereocenters. The molecule has 2 aliphatic carbocycles. The van der Waals surface area contributed by atoms with Crippen molar-refractivity contribution >= 4 is 0 Å². The highest BCUT2D eigenvalue weighted by atomic mass is 16.5. The Morgan fingerprint density at radius 2 is 2.10 bits per heavy atom. The highest BCUT2D eigenvalue weighted by Gasteiger charge is 2.34. The topological polar surface area (TPSA) is 41.5 Å². The molecule has 0 saturated heterocycles. The Morgan fingerprint density at radius 1 is 1.24 bits per heavy atom. The van der Waals surface area contributed by atoms with Crippen molar-refractivity contribution in [2.75, 3.05) is 13.7 Å². The number of hydrogen-bond donors (Lipinski definition) is 2.